The molecule has 0 aliphatic carbocycles. The van der Waals surface area contributed by atoms with Crippen molar-refractivity contribution in [3.05, 3.63) is 96.6 Å². The van der Waals surface area contributed by atoms with E-state index >= 15 is 0 Å². The molecule has 0 atom stereocenters. The zero-order chi connectivity index (χ0) is 21.5. The molecule has 1 heterocycles. The number of nitrogens with zero attached hydrogens (tertiary/aromatic N) is 3. The number of nitrogens with one attached hydrogen (secondary N) is 1. The summed E-state index contributed by atoms with van der Waals surface area (Å²) in [7, 11) is 0. The number of halogens is 1. The molecule has 0 spiro atoms. The molecule has 4 aromatic rings. The van der Waals surface area contributed by atoms with Gasteiger partial charge in [-0.15, -0.1) is 22.0 Å². The van der Waals surface area contributed by atoms with Crippen LogP contribution in [-0.4, -0.2) is 26.4 Å². The summed E-state index contributed by atoms with van der Waals surface area (Å²) in [6, 6.07) is 26.0. The van der Waals surface area contributed by atoms with Crippen LogP contribution in [0.2, 0.25) is 0 Å². The lowest BCUT2D eigenvalue weighted by atomic mass is 10.3. The Hall–Kier alpha value is -3.10. The zero-order valence-corrected chi connectivity index (χ0v) is 18.1. The van der Waals surface area contributed by atoms with E-state index in [0.29, 0.717) is 10.9 Å². The van der Waals surface area contributed by atoms with Crippen molar-refractivity contribution < 1.29 is 9.18 Å². The first-order valence-electron chi connectivity index (χ1n) is 9.55. The van der Waals surface area contributed by atoms with Crippen molar-refractivity contribution in [3.8, 4) is 5.69 Å². The Morgan fingerprint density at radius 2 is 1.55 bits per heavy atom. The first-order valence-corrected chi connectivity index (χ1v) is 11.5. The van der Waals surface area contributed by atoms with Crippen molar-refractivity contribution in [1.29, 1.82) is 0 Å². The lowest BCUT2D eigenvalue weighted by Gasteiger charge is -2.10. The van der Waals surface area contributed by atoms with Gasteiger partial charge >= 0.3 is 0 Å². The Balaban J connectivity index is 1.49. The van der Waals surface area contributed by atoms with Crippen LogP contribution >= 0.6 is 23.5 Å². The van der Waals surface area contributed by atoms with Crippen LogP contribution < -0.4 is 5.32 Å². The second-order valence-electron chi connectivity index (χ2n) is 6.49. The first-order chi connectivity index (χ1) is 15.2. The van der Waals surface area contributed by atoms with E-state index in [4.69, 9.17) is 0 Å². The van der Waals surface area contributed by atoms with E-state index in [2.05, 4.69) is 27.6 Å². The highest BCUT2D eigenvalue weighted by molar-refractivity contribution is 7.99. The summed E-state index contributed by atoms with van der Waals surface area (Å²) in [5, 5.41) is 11.9. The maximum absolute atomic E-state index is 13.8. The Morgan fingerprint density at radius 3 is 2.29 bits per heavy atom. The molecule has 1 amide bonds. The monoisotopic (exact) mass is 450 g/mol. The molecule has 1 aromatic heterocycles. The second kappa shape index (κ2) is 10.3. The third-order valence-corrected chi connectivity index (χ3v) is 6.24. The van der Waals surface area contributed by atoms with Crippen LogP contribution in [0.1, 0.15) is 5.82 Å². The number of aromatic nitrogens is 3. The molecule has 0 unspecified atom stereocenters. The Morgan fingerprint density at radius 1 is 0.871 bits per heavy atom. The predicted molar refractivity (Wildman–Crippen MR) is 123 cm³/mol. The number of anilines is 1. The molecule has 0 aliphatic heterocycles. The molecule has 8 heteroatoms. The van der Waals surface area contributed by atoms with Gasteiger partial charge in [-0.3, -0.25) is 9.36 Å². The number of benzene rings is 3. The van der Waals surface area contributed by atoms with Crippen LogP contribution in [0, 0.1) is 5.82 Å². The quantitative estimate of drug-likeness (QED) is 0.363. The summed E-state index contributed by atoms with van der Waals surface area (Å²) in [6.45, 7) is 0. The normalized spacial score (nSPS) is 10.7. The molecule has 5 nitrogen and oxygen atoms in total. The van der Waals surface area contributed by atoms with Gasteiger partial charge < -0.3 is 5.32 Å². The van der Waals surface area contributed by atoms with Gasteiger partial charge in [-0.25, -0.2) is 4.39 Å². The predicted octanol–water partition coefficient (Wildman–Crippen LogP) is 5.43. The third-order valence-electron chi connectivity index (χ3n) is 4.31. The van der Waals surface area contributed by atoms with Crippen LogP contribution in [0.4, 0.5) is 10.1 Å². The number of carbonyl (C=O) groups excluding carboxylic acids is 1. The third kappa shape index (κ3) is 5.53. The molecule has 4 rings (SSSR count). The van der Waals surface area contributed by atoms with E-state index in [9.17, 15) is 9.18 Å². The van der Waals surface area contributed by atoms with Crippen molar-refractivity contribution >= 4 is 35.1 Å². The van der Waals surface area contributed by atoms with Gasteiger partial charge in [0.15, 0.2) is 5.16 Å². The van der Waals surface area contributed by atoms with Crippen LogP contribution in [-0.2, 0) is 10.5 Å². The van der Waals surface area contributed by atoms with E-state index in [1.54, 1.807) is 23.9 Å². The number of para-hydroxylation sites is 2. The van der Waals surface area contributed by atoms with E-state index in [1.165, 1.54) is 23.9 Å². The minimum atomic E-state index is -0.464. The zero-order valence-electron chi connectivity index (χ0n) is 16.4. The number of rotatable bonds is 8. The summed E-state index contributed by atoms with van der Waals surface area (Å²) >= 11 is 2.93. The topological polar surface area (TPSA) is 59.8 Å². The maximum Gasteiger partial charge on any atom is 0.234 e. The van der Waals surface area contributed by atoms with E-state index in [1.807, 2.05) is 53.1 Å². The minimum absolute atomic E-state index is 0.0884. The largest absolute Gasteiger partial charge is 0.323 e. The average Bonchev–Trinajstić information content (AvgIpc) is 3.22. The van der Waals surface area contributed by atoms with Gasteiger partial charge in [-0.2, -0.15) is 0 Å². The van der Waals surface area contributed by atoms with Crippen molar-refractivity contribution in [3.63, 3.8) is 0 Å². The first kappa shape index (κ1) is 21.1. The van der Waals surface area contributed by atoms with Crippen molar-refractivity contribution in [2.75, 3.05) is 11.1 Å². The van der Waals surface area contributed by atoms with Crippen LogP contribution in [0.15, 0.2) is 95.0 Å². The average molecular weight is 451 g/mol. The molecule has 0 radical (unpaired) electrons. The molecule has 0 fully saturated rings. The fourth-order valence-corrected chi connectivity index (χ4v) is 4.47. The molecule has 0 aliphatic rings. The number of hydrogen-bond acceptors (Lipinski definition) is 5. The smallest absolute Gasteiger partial charge is 0.234 e. The molecule has 156 valence electrons. The Kier molecular flexibility index (Phi) is 7.01. The van der Waals surface area contributed by atoms with Crippen LogP contribution in [0.25, 0.3) is 5.69 Å². The lowest BCUT2D eigenvalue weighted by Crippen LogP contribution is -2.15. The highest BCUT2D eigenvalue weighted by Crippen LogP contribution is 2.27. The Bertz CT molecular complexity index is 1150. The minimum Gasteiger partial charge on any atom is -0.323 e. The number of hydrogen-bond donors (Lipinski definition) is 1. The van der Waals surface area contributed by atoms with Gasteiger partial charge in [-0.1, -0.05) is 60.3 Å². The molecule has 0 bridgehead atoms. The summed E-state index contributed by atoms with van der Waals surface area (Å²) in [5.74, 6) is 0.738. The molecule has 1 N–H and O–H groups in total. The summed E-state index contributed by atoms with van der Waals surface area (Å²) in [6.07, 6.45) is 0. The van der Waals surface area contributed by atoms with Crippen molar-refractivity contribution in [2.24, 2.45) is 0 Å². The SMILES string of the molecule is O=C(CSc1nnc(CSc2ccccc2)n1-c1ccccc1)Nc1ccccc1F. The highest BCUT2D eigenvalue weighted by atomic mass is 32.2. The highest BCUT2D eigenvalue weighted by Gasteiger charge is 2.16. The van der Waals surface area contributed by atoms with Gasteiger partial charge in [0.05, 0.1) is 17.2 Å². The molecule has 3 aromatic carbocycles. The summed E-state index contributed by atoms with van der Waals surface area (Å²) < 4.78 is 15.7. The number of thioether (sulfide) groups is 2. The van der Waals surface area contributed by atoms with Gasteiger partial charge in [-0.05, 0) is 36.4 Å². The van der Waals surface area contributed by atoms with Gasteiger partial charge in [0.25, 0.3) is 0 Å². The van der Waals surface area contributed by atoms with Gasteiger partial charge in [0.1, 0.15) is 11.6 Å². The summed E-state index contributed by atoms with van der Waals surface area (Å²) in [4.78, 5) is 13.5. The van der Waals surface area contributed by atoms with Crippen molar-refractivity contribution in [1.82, 2.24) is 14.8 Å². The van der Waals surface area contributed by atoms with E-state index in [0.717, 1.165) is 16.4 Å². The van der Waals surface area contributed by atoms with Gasteiger partial charge in [0, 0.05) is 10.6 Å². The lowest BCUT2D eigenvalue weighted by molar-refractivity contribution is -0.113. The fourth-order valence-electron chi connectivity index (χ4n) is 2.87. The van der Waals surface area contributed by atoms with Crippen LogP contribution in [0.3, 0.4) is 0 Å². The molecule has 0 saturated carbocycles. The molecular formula is C23H19FN4OS2. The second-order valence-corrected chi connectivity index (χ2v) is 8.48. The van der Waals surface area contributed by atoms with Crippen LogP contribution in [0.5, 0.6) is 0 Å². The van der Waals surface area contributed by atoms with E-state index in [-0.39, 0.29) is 17.3 Å². The number of amides is 1. The van der Waals surface area contributed by atoms with E-state index < -0.39 is 5.82 Å². The molecular weight excluding hydrogens is 431 g/mol. The standard InChI is InChI=1S/C23H19FN4OS2/c24-19-13-7-8-14-20(19)25-22(29)16-31-23-27-26-21(15-30-18-11-5-2-6-12-18)28(23)17-9-3-1-4-10-17/h1-14H,15-16H2,(H,25,29). The molecule has 0 saturated heterocycles. The number of carbonyl (C=O) groups is 1. The Labute approximate surface area is 188 Å². The molecule has 31 heavy (non-hydrogen) atoms. The fraction of sp³-hybridized carbons (Fsp3) is 0.0870. The summed E-state index contributed by atoms with van der Waals surface area (Å²) in [5.41, 5.74) is 1.09. The van der Waals surface area contributed by atoms with Gasteiger partial charge in [0.2, 0.25) is 5.91 Å². The van der Waals surface area contributed by atoms with Crippen molar-refractivity contribution in [2.45, 2.75) is 15.8 Å². The maximum atomic E-state index is 13.8.